The molecule has 1 aromatic rings. The number of hydrogen-bond donors (Lipinski definition) is 0. The lowest BCUT2D eigenvalue weighted by Crippen LogP contribution is -2.11. The average molecular weight is 463 g/mol. The van der Waals surface area contributed by atoms with Gasteiger partial charge in [0.2, 0.25) is 0 Å². The molecule has 0 amide bonds. The number of esters is 1. The van der Waals surface area contributed by atoms with Crippen LogP contribution in [0.2, 0.25) is 0 Å². The monoisotopic (exact) mass is 462 g/mol. The molecule has 0 fully saturated rings. The van der Waals surface area contributed by atoms with Crippen molar-refractivity contribution in [2.45, 2.75) is 20.3 Å². The van der Waals surface area contributed by atoms with Gasteiger partial charge in [0.05, 0.1) is 32.2 Å². The van der Waals surface area contributed by atoms with Crippen LogP contribution in [0.15, 0.2) is 24.3 Å². The fourth-order valence-electron chi connectivity index (χ4n) is 1.99. The van der Waals surface area contributed by atoms with Crippen LogP contribution < -0.4 is 4.74 Å². The highest BCUT2D eigenvalue weighted by Gasteiger charge is 2.24. The lowest BCUT2D eigenvalue weighted by molar-refractivity contribution is 0.0525. The molecule has 0 N–H and O–H groups in total. The van der Waals surface area contributed by atoms with Crippen molar-refractivity contribution < 1.29 is 32.4 Å². The van der Waals surface area contributed by atoms with Gasteiger partial charge in [0, 0.05) is 12.2 Å². The van der Waals surface area contributed by atoms with Crippen molar-refractivity contribution in [3.63, 3.8) is 0 Å². The second-order valence-electron chi connectivity index (χ2n) is 5.24. The van der Waals surface area contributed by atoms with E-state index in [-0.39, 0.29) is 33.0 Å². The van der Waals surface area contributed by atoms with Gasteiger partial charge in [-0.2, -0.15) is 0 Å². The fraction of sp³-hybridized carbons (Fsp3) is 0.526. The highest BCUT2D eigenvalue weighted by atomic mass is 33.1. The number of phosphoric acid groups is 1. The molecule has 0 heterocycles. The fourth-order valence-corrected chi connectivity index (χ4v) is 4.63. The molecule has 0 saturated carbocycles. The van der Waals surface area contributed by atoms with Crippen molar-refractivity contribution in [2.75, 3.05) is 44.5 Å². The third-order valence-corrected chi connectivity index (χ3v) is 6.89. The predicted octanol–water partition coefficient (Wildman–Crippen LogP) is 4.82. The zero-order valence-electron chi connectivity index (χ0n) is 16.7. The molecule has 0 atom stereocenters. The maximum atomic E-state index is 12.3. The molecule has 0 spiro atoms. The summed E-state index contributed by atoms with van der Waals surface area (Å²) < 4.78 is 38.5. The molecule has 10 heteroatoms. The third kappa shape index (κ3) is 11.0. The predicted molar refractivity (Wildman–Crippen MR) is 117 cm³/mol. The Balaban J connectivity index is 2.41. The second-order valence-corrected chi connectivity index (χ2v) is 9.49. The Morgan fingerprint density at radius 3 is 2.48 bits per heavy atom. The van der Waals surface area contributed by atoms with E-state index in [2.05, 4.69) is 5.92 Å². The Morgan fingerprint density at radius 2 is 1.79 bits per heavy atom. The van der Waals surface area contributed by atoms with Crippen LogP contribution in [0.5, 0.6) is 5.75 Å². The Bertz CT molecular complexity index is 683. The van der Waals surface area contributed by atoms with E-state index in [1.807, 2.05) is 0 Å². The second kappa shape index (κ2) is 15.7. The van der Waals surface area contributed by atoms with Crippen LogP contribution >= 0.6 is 29.4 Å². The van der Waals surface area contributed by atoms with E-state index < -0.39 is 13.8 Å². The average Bonchev–Trinajstić information content (AvgIpc) is 2.71. The molecule has 0 bridgehead atoms. The van der Waals surface area contributed by atoms with E-state index in [1.54, 1.807) is 59.7 Å². The number of terminal acetylenes is 1. The lowest BCUT2D eigenvalue weighted by Gasteiger charge is -2.16. The van der Waals surface area contributed by atoms with E-state index in [4.69, 9.17) is 29.5 Å². The molecule has 0 aliphatic heterocycles. The standard InChI is InChI=1S/C19H27O7PS2/c1-4-15-28-29-16-14-23-19(20)17-10-7-8-11-18(17)22-12-9-13-26-27(21,24-5-2)25-6-3/h1,7-8,10-11H,5-6,9,12-16H2,2-3H3. The Kier molecular flexibility index (Phi) is 14.0. The summed E-state index contributed by atoms with van der Waals surface area (Å²) in [6, 6.07) is 6.85. The van der Waals surface area contributed by atoms with Crippen molar-refractivity contribution in [3.8, 4) is 18.1 Å². The molecule has 0 unspecified atom stereocenters. The van der Waals surface area contributed by atoms with Crippen molar-refractivity contribution in [1.29, 1.82) is 0 Å². The molecule has 1 rings (SSSR count). The van der Waals surface area contributed by atoms with Gasteiger partial charge in [0.1, 0.15) is 17.9 Å². The van der Waals surface area contributed by atoms with Crippen LogP contribution in [-0.2, 0) is 22.9 Å². The maximum absolute atomic E-state index is 12.3. The van der Waals surface area contributed by atoms with Gasteiger partial charge in [0.25, 0.3) is 0 Å². The van der Waals surface area contributed by atoms with Gasteiger partial charge in [-0.15, -0.1) is 6.42 Å². The number of para-hydroxylation sites is 1. The molecule has 0 radical (unpaired) electrons. The van der Waals surface area contributed by atoms with Crippen LogP contribution in [0.25, 0.3) is 0 Å². The molecular formula is C19H27O7PS2. The van der Waals surface area contributed by atoms with Crippen LogP contribution in [0.3, 0.4) is 0 Å². The van der Waals surface area contributed by atoms with Gasteiger partial charge in [-0.1, -0.05) is 39.6 Å². The minimum atomic E-state index is -3.52. The summed E-state index contributed by atoms with van der Waals surface area (Å²) in [6.45, 7) is 4.56. The largest absolute Gasteiger partial charge is 0.493 e. The van der Waals surface area contributed by atoms with E-state index in [0.29, 0.717) is 29.2 Å². The normalized spacial score (nSPS) is 11.1. The summed E-state index contributed by atoms with van der Waals surface area (Å²) in [5, 5.41) is 0. The van der Waals surface area contributed by atoms with E-state index in [0.717, 1.165) is 0 Å². The number of hydrogen-bond acceptors (Lipinski definition) is 9. The molecular weight excluding hydrogens is 435 g/mol. The summed E-state index contributed by atoms with van der Waals surface area (Å²) in [7, 11) is -0.426. The van der Waals surface area contributed by atoms with Crippen molar-refractivity contribution in [1.82, 2.24) is 0 Å². The number of carbonyl (C=O) groups is 1. The van der Waals surface area contributed by atoms with Crippen LogP contribution in [0.1, 0.15) is 30.6 Å². The molecule has 7 nitrogen and oxygen atoms in total. The zero-order chi connectivity index (χ0) is 21.4. The third-order valence-electron chi connectivity index (χ3n) is 3.10. The first-order valence-electron chi connectivity index (χ1n) is 9.16. The Morgan fingerprint density at radius 1 is 1.07 bits per heavy atom. The Hall–Kier alpha value is -1.14. The number of carbonyl (C=O) groups excluding carboxylic acids is 1. The van der Waals surface area contributed by atoms with Gasteiger partial charge in [-0.25, -0.2) is 9.36 Å². The first-order chi connectivity index (χ1) is 14.1. The van der Waals surface area contributed by atoms with Gasteiger partial charge in [0.15, 0.2) is 0 Å². The van der Waals surface area contributed by atoms with E-state index in [1.165, 1.54) is 0 Å². The summed E-state index contributed by atoms with van der Waals surface area (Å²) in [5.41, 5.74) is 0.351. The van der Waals surface area contributed by atoms with Crippen molar-refractivity contribution in [2.24, 2.45) is 0 Å². The number of ether oxygens (including phenoxy) is 2. The number of rotatable bonds is 16. The summed E-state index contributed by atoms with van der Waals surface area (Å²) in [5.74, 6) is 3.77. The smallest absolute Gasteiger partial charge is 0.474 e. The molecule has 162 valence electrons. The van der Waals surface area contributed by atoms with Crippen molar-refractivity contribution >= 4 is 35.4 Å². The minimum absolute atomic E-state index is 0.135. The topological polar surface area (TPSA) is 80.3 Å². The highest BCUT2D eigenvalue weighted by molar-refractivity contribution is 8.76. The summed E-state index contributed by atoms with van der Waals surface area (Å²) in [4.78, 5) is 12.3. The first-order valence-corrected chi connectivity index (χ1v) is 13.1. The highest BCUT2D eigenvalue weighted by Crippen LogP contribution is 2.49. The number of phosphoric ester groups is 1. The van der Waals surface area contributed by atoms with Crippen LogP contribution in [0, 0.1) is 12.3 Å². The van der Waals surface area contributed by atoms with Gasteiger partial charge in [-0.05, 0) is 26.0 Å². The minimum Gasteiger partial charge on any atom is -0.493 e. The molecule has 29 heavy (non-hydrogen) atoms. The van der Waals surface area contributed by atoms with Crippen LogP contribution in [-0.4, -0.2) is 50.5 Å². The zero-order valence-corrected chi connectivity index (χ0v) is 19.2. The summed E-state index contributed by atoms with van der Waals surface area (Å²) >= 11 is 0. The van der Waals surface area contributed by atoms with Crippen LogP contribution in [0.4, 0.5) is 0 Å². The van der Waals surface area contributed by atoms with E-state index in [9.17, 15) is 9.36 Å². The number of benzene rings is 1. The molecule has 0 saturated heterocycles. The van der Waals surface area contributed by atoms with E-state index >= 15 is 0 Å². The van der Waals surface area contributed by atoms with Crippen molar-refractivity contribution in [3.05, 3.63) is 29.8 Å². The first kappa shape index (κ1) is 25.9. The quantitative estimate of drug-likeness (QED) is 0.113. The SMILES string of the molecule is C#CCSSCCOC(=O)c1ccccc1OCCCOP(=O)(OCC)OCC. The summed E-state index contributed by atoms with van der Waals surface area (Å²) in [6.07, 6.45) is 5.61. The maximum Gasteiger partial charge on any atom is 0.474 e. The molecule has 1 aromatic carbocycles. The van der Waals surface area contributed by atoms with Gasteiger partial charge >= 0.3 is 13.8 Å². The lowest BCUT2D eigenvalue weighted by atomic mass is 10.2. The molecule has 0 aromatic heterocycles. The van der Waals surface area contributed by atoms with Gasteiger partial charge in [-0.3, -0.25) is 13.6 Å². The molecule has 0 aliphatic carbocycles. The molecule has 0 aliphatic rings. The van der Waals surface area contributed by atoms with Gasteiger partial charge < -0.3 is 9.47 Å². The Labute approximate surface area is 180 Å².